The summed E-state index contributed by atoms with van der Waals surface area (Å²) in [7, 11) is 0. The third-order valence-corrected chi connectivity index (χ3v) is 8.17. The smallest absolute Gasteiger partial charge is 0.407 e. The summed E-state index contributed by atoms with van der Waals surface area (Å²) in [5.74, 6) is -2.90. The van der Waals surface area contributed by atoms with E-state index in [-0.39, 0.29) is 50.2 Å². The average Bonchev–Trinajstić information content (AvgIpc) is 3.38. The number of carbonyl (C=O) groups excluding carboxylic acids is 3. The van der Waals surface area contributed by atoms with Gasteiger partial charge in [0.15, 0.2) is 5.96 Å². The highest BCUT2D eigenvalue weighted by Crippen LogP contribution is 2.44. The molecule has 4 rings (SSSR count). The SMILES string of the molecule is CC(C)C[C@H](NC(=O)[C@H](Cc1ccccc1)NC(=O)OCC1c2ccccc2-c2ccccc21)C(=O)N[C@@H](CCCNC(=N)N)C(=O)O. The summed E-state index contributed by atoms with van der Waals surface area (Å²) in [6.07, 6.45) is 0.0141. The van der Waals surface area contributed by atoms with Crippen molar-refractivity contribution in [1.82, 2.24) is 21.3 Å². The molecule has 48 heavy (non-hydrogen) atoms. The summed E-state index contributed by atoms with van der Waals surface area (Å²) >= 11 is 0. The Labute approximate surface area is 280 Å². The lowest BCUT2D eigenvalue weighted by Crippen LogP contribution is -2.56. The van der Waals surface area contributed by atoms with Crippen molar-refractivity contribution in [2.75, 3.05) is 13.2 Å². The van der Waals surface area contributed by atoms with E-state index in [4.69, 9.17) is 15.9 Å². The molecule has 0 aliphatic heterocycles. The summed E-state index contributed by atoms with van der Waals surface area (Å²) < 4.78 is 5.71. The quantitative estimate of drug-likeness (QED) is 0.0691. The van der Waals surface area contributed by atoms with Gasteiger partial charge in [0.2, 0.25) is 11.8 Å². The maximum Gasteiger partial charge on any atom is 0.407 e. The van der Waals surface area contributed by atoms with E-state index in [0.29, 0.717) is 6.42 Å². The maximum atomic E-state index is 13.7. The zero-order valence-electron chi connectivity index (χ0n) is 27.2. The van der Waals surface area contributed by atoms with Crippen LogP contribution in [0.5, 0.6) is 0 Å². The molecule has 0 bridgehead atoms. The number of alkyl carbamates (subject to hydrolysis) is 1. The third kappa shape index (κ3) is 9.81. The van der Waals surface area contributed by atoms with Crippen LogP contribution in [0.4, 0.5) is 4.79 Å². The monoisotopic (exact) mass is 656 g/mol. The van der Waals surface area contributed by atoms with E-state index in [1.54, 1.807) is 0 Å². The zero-order valence-corrected chi connectivity index (χ0v) is 27.2. The molecule has 3 atom stereocenters. The van der Waals surface area contributed by atoms with Gasteiger partial charge in [-0.2, -0.15) is 0 Å². The molecular formula is C36H44N6O6. The predicted octanol–water partition coefficient (Wildman–Crippen LogP) is 3.50. The number of nitrogens with one attached hydrogen (secondary N) is 5. The Kier molecular flexibility index (Phi) is 12.5. The highest BCUT2D eigenvalue weighted by atomic mass is 16.5. The van der Waals surface area contributed by atoms with Gasteiger partial charge < -0.3 is 36.8 Å². The highest BCUT2D eigenvalue weighted by Gasteiger charge is 2.32. The maximum absolute atomic E-state index is 13.7. The normalized spacial score (nSPS) is 13.7. The van der Waals surface area contributed by atoms with Crippen LogP contribution in [0.2, 0.25) is 0 Å². The molecule has 0 aromatic heterocycles. The molecule has 0 fully saturated rings. The standard InChI is InChI=1S/C36H44N6O6/c1-22(2)19-30(32(43)40-29(34(45)46)17-10-18-39-35(37)38)41-33(44)31(20-23-11-4-3-5-12-23)42-36(47)48-21-28-26-15-8-6-13-24(26)25-14-7-9-16-27(25)28/h3-9,11-16,22,28-31H,10,17-21H2,1-2H3,(H,40,43)(H,41,44)(H,42,47)(H,45,46)(H4,37,38,39)/t29-,30-,31-/m0/s1. The molecule has 1 aliphatic carbocycles. The van der Waals surface area contributed by atoms with Crippen LogP contribution in [0.3, 0.4) is 0 Å². The fraction of sp³-hybridized carbons (Fsp3) is 0.361. The van der Waals surface area contributed by atoms with Gasteiger partial charge in [-0.25, -0.2) is 9.59 Å². The topological polar surface area (TPSA) is 196 Å². The molecule has 12 heteroatoms. The van der Waals surface area contributed by atoms with Crippen molar-refractivity contribution in [3.63, 3.8) is 0 Å². The molecule has 3 amide bonds. The summed E-state index contributed by atoms with van der Waals surface area (Å²) in [5.41, 5.74) is 10.4. The van der Waals surface area contributed by atoms with Crippen molar-refractivity contribution in [3.8, 4) is 11.1 Å². The number of hydrogen-bond donors (Lipinski definition) is 7. The summed E-state index contributed by atoms with van der Waals surface area (Å²) in [6.45, 7) is 4.09. The molecule has 0 heterocycles. The van der Waals surface area contributed by atoms with Gasteiger partial charge in [-0.1, -0.05) is 92.7 Å². The number of carboxylic acids is 1. The van der Waals surface area contributed by atoms with Crippen LogP contribution >= 0.6 is 0 Å². The zero-order chi connectivity index (χ0) is 34.6. The lowest BCUT2D eigenvalue weighted by Gasteiger charge is -2.26. The van der Waals surface area contributed by atoms with Gasteiger partial charge in [-0.15, -0.1) is 0 Å². The highest BCUT2D eigenvalue weighted by molar-refractivity contribution is 5.93. The first kappa shape index (κ1) is 35.5. The first-order chi connectivity index (χ1) is 23.0. The Morgan fingerprint density at radius 2 is 1.38 bits per heavy atom. The van der Waals surface area contributed by atoms with Crippen LogP contribution < -0.4 is 27.0 Å². The second kappa shape index (κ2) is 17.0. The number of hydrogen-bond acceptors (Lipinski definition) is 6. The Hall–Kier alpha value is -5.39. The second-order valence-electron chi connectivity index (χ2n) is 12.3. The molecule has 0 spiro atoms. The summed E-state index contributed by atoms with van der Waals surface area (Å²) in [4.78, 5) is 52.2. The fourth-order valence-corrected chi connectivity index (χ4v) is 5.88. The van der Waals surface area contributed by atoms with E-state index in [9.17, 15) is 24.3 Å². The third-order valence-electron chi connectivity index (χ3n) is 8.17. The van der Waals surface area contributed by atoms with E-state index in [1.165, 1.54) is 0 Å². The largest absolute Gasteiger partial charge is 0.480 e. The lowest BCUT2D eigenvalue weighted by molar-refractivity contribution is -0.142. The molecule has 0 saturated heterocycles. The van der Waals surface area contributed by atoms with Gasteiger partial charge in [-0.3, -0.25) is 15.0 Å². The number of nitrogens with two attached hydrogens (primary N) is 1. The van der Waals surface area contributed by atoms with Gasteiger partial charge in [0.1, 0.15) is 24.7 Å². The lowest BCUT2D eigenvalue weighted by atomic mass is 9.98. The van der Waals surface area contributed by atoms with Gasteiger partial charge >= 0.3 is 12.1 Å². The molecule has 0 unspecified atom stereocenters. The van der Waals surface area contributed by atoms with Crippen LogP contribution in [0.15, 0.2) is 78.9 Å². The number of carboxylic acid groups (broad SMARTS) is 1. The number of ether oxygens (including phenoxy) is 1. The van der Waals surface area contributed by atoms with Gasteiger partial charge in [0.25, 0.3) is 0 Å². The van der Waals surface area contributed by atoms with Crippen molar-refractivity contribution in [1.29, 1.82) is 5.41 Å². The molecule has 0 radical (unpaired) electrons. The fourth-order valence-electron chi connectivity index (χ4n) is 5.88. The number of aliphatic carboxylic acids is 1. The molecule has 3 aromatic rings. The number of amides is 3. The Morgan fingerprint density at radius 3 is 1.96 bits per heavy atom. The van der Waals surface area contributed by atoms with Crippen LogP contribution in [-0.2, 0) is 25.5 Å². The van der Waals surface area contributed by atoms with Gasteiger partial charge in [0.05, 0.1) is 0 Å². The molecule has 12 nitrogen and oxygen atoms in total. The number of guanidine groups is 1. The Balaban J connectivity index is 1.45. The summed E-state index contributed by atoms with van der Waals surface area (Å²) in [5, 5.41) is 27.5. The van der Waals surface area contributed by atoms with E-state index in [2.05, 4.69) is 21.3 Å². The minimum Gasteiger partial charge on any atom is -0.480 e. The Morgan fingerprint density at radius 1 is 0.812 bits per heavy atom. The second-order valence-corrected chi connectivity index (χ2v) is 12.3. The van der Waals surface area contributed by atoms with Crippen molar-refractivity contribution in [3.05, 3.63) is 95.6 Å². The number of fused-ring (bicyclic) bond motifs is 3. The number of carbonyl (C=O) groups is 4. The van der Waals surface area contributed by atoms with E-state index < -0.39 is 42.0 Å². The Bertz CT molecular complexity index is 1550. The molecule has 0 saturated carbocycles. The van der Waals surface area contributed by atoms with Crippen molar-refractivity contribution in [2.45, 2.75) is 63.6 Å². The minimum absolute atomic E-state index is 0.0215. The number of benzene rings is 3. The van der Waals surface area contributed by atoms with Crippen LogP contribution in [0.25, 0.3) is 11.1 Å². The molecular weight excluding hydrogens is 612 g/mol. The van der Waals surface area contributed by atoms with Gasteiger partial charge in [0, 0.05) is 18.9 Å². The van der Waals surface area contributed by atoms with Crippen molar-refractivity contribution in [2.24, 2.45) is 11.7 Å². The molecule has 1 aliphatic rings. The van der Waals surface area contributed by atoms with Crippen LogP contribution in [0, 0.1) is 11.3 Å². The van der Waals surface area contributed by atoms with Crippen LogP contribution in [0.1, 0.15) is 55.7 Å². The summed E-state index contributed by atoms with van der Waals surface area (Å²) in [6, 6.07) is 21.8. The van der Waals surface area contributed by atoms with Gasteiger partial charge in [-0.05, 0) is 53.0 Å². The minimum atomic E-state index is -1.22. The first-order valence-corrected chi connectivity index (χ1v) is 16.1. The van der Waals surface area contributed by atoms with E-state index >= 15 is 0 Å². The molecule has 3 aromatic carbocycles. The van der Waals surface area contributed by atoms with E-state index in [1.807, 2.05) is 92.7 Å². The molecule has 8 N–H and O–H groups in total. The predicted molar refractivity (Wildman–Crippen MR) is 182 cm³/mol. The van der Waals surface area contributed by atoms with Crippen LogP contribution in [-0.4, -0.2) is 66.2 Å². The van der Waals surface area contributed by atoms with Crippen molar-refractivity contribution < 1.29 is 29.0 Å². The molecule has 254 valence electrons. The average molecular weight is 657 g/mol. The van der Waals surface area contributed by atoms with Crippen molar-refractivity contribution >= 4 is 29.8 Å². The first-order valence-electron chi connectivity index (χ1n) is 16.1. The van der Waals surface area contributed by atoms with E-state index in [0.717, 1.165) is 27.8 Å². The number of rotatable bonds is 16.